The van der Waals surface area contributed by atoms with Gasteiger partial charge in [-0.1, -0.05) is 37.8 Å². The molecule has 0 bridgehead atoms. The van der Waals surface area contributed by atoms with Crippen LogP contribution >= 0.6 is 0 Å². The molecular formula is C25H33N5O3. The molecule has 1 aromatic carbocycles. The van der Waals surface area contributed by atoms with Crippen LogP contribution in [0.2, 0.25) is 0 Å². The molecule has 176 valence electrons. The van der Waals surface area contributed by atoms with Crippen LogP contribution < -0.4 is 10.6 Å². The molecule has 33 heavy (non-hydrogen) atoms. The second kappa shape index (κ2) is 9.00. The summed E-state index contributed by atoms with van der Waals surface area (Å²) in [6, 6.07) is 7.34. The Morgan fingerprint density at radius 1 is 1.12 bits per heavy atom. The molecule has 0 radical (unpaired) electrons. The SMILES string of the molecule is Cc1cccc(NC(=O)c2cc3n(n2)CC(C)(C(=O)NC2CCCCCC2)N(C)C3=O)c1C. The van der Waals surface area contributed by atoms with E-state index in [4.69, 9.17) is 0 Å². The lowest BCUT2D eigenvalue weighted by molar-refractivity contribution is -0.133. The van der Waals surface area contributed by atoms with Gasteiger partial charge in [0.2, 0.25) is 5.91 Å². The van der Waals surface area contributed by atoms with Crippen molar-refractivity contribution in [1.29, 1.82) is 0 Å². The number of nitrogens with zero attached hydrogens (tertiary/aromatic N) is 3. The van der Waals surface area contributed by atoms with Crippen molar-refractivity contribution in [2.75, 3.05) is 12.4 Å². The minimum absolute atomic E-state index is 0.137. The Bertz CT molecular complexity index is 1080. The van der Waals surface area contributed by atoms with Crippen molar-refractivity contribution in [3.05, 3.63) is 46.8 Å². The molecule has 4 rings (SSSR count). The summed E-state index contributed by atoms with van der Waals surface area (Å²) < 4.78 is 1.49. The van der Waals surface area contributed by atoms with E-state index in [0.717, 1.165) is 36.8 Å². The van der Waals surface area contributed by atoms with Gasteiger partial charge in [0, 0.05) is 24.8 Å². The number of fused-ring (bicyclic) bond motifs is 1. The summed E-state index contributed by atoms with van der Waals surface area (Å²) in [6.45, 7) is 5.88. The van der Waals surface area contributed by atoms with Crippen molar-refractivity contribution in [3.63, 3.8) is 0 Å². The van der Waals surface area contributed by atoms with Gasteiger partial charge in [-0.05, 0) is 50.8 Å². The molecule has 1 aliphatic heterocycles. The van der Waals surface area contributed by atoms with E-state index in [0.29, 0.717) is 11.4 Å². The highest BCUT2D eigenvalue weighted by atomic mass is 16.2. The van der Waals surface area contributed by atoms with Crippen LogP contribution in [0.15, 0.2) is 24.3 Å². The Balaban J connectivity index is 1.54. The second-order valence-electron chi connectivity index (χ2n) is 9.57. The zero-order valence-corrected chi connectivity index (χ0v) is 19.9. The van der Waals surface area contributed by atoms with Gasteiger partial charge in [-0.15, -0.1) is 0 Å². The summed E-state index contributed by atoms with van der Waals surface area (Å²) in [5.41, 5.74) is 2.15. The molecule has 0 saturated heterocycles. The largest absolute Gasteiger partial charge is 0.351 e. The van der Waals surface area contributed by atoms with Crippen molar-refractivity contribution in [1.82, 2.24) is 20.0 Å². The summed E-state index contributed by atoms with van der Waals surface area (Å²) in [7, 11) is 1.64. The topological polar surface area (TPSA) is 96.3 Å². The fraction of sp³-hybridized carbons (Fsp3) is 0.520. The minimum Gasteiger partial charge on any atom is -0.351 e. The van der Waals surface area contributed by atoms with Crippen molar-refractivity contribution < 1.29 is 14.4 Å². The Morgan fingerprint density at radius 3 is 2.52 bits per heavy atom. The maximum atomic E-state index is 13.3. The standard InChI is InChI=1S/C25H33N5O3/c1-16-10-9-13-19(17(16)2)27-22(31)20-14-21-23(32)29(4)25(3,15-30(21)28-20)24(33)26-18-11-7-5-6-8-12-18/h9-10,13-14,18H,5-8,11-12,15H2,1-4H3,(H,26,33)(H,27,31). The average molecular weight is 452 g/mol. The number of anilines is 1. The molecule has 2 N–H and O–H groups in total. The van der Waals surface area contributed by atoms with Crippen LogP contribution in [0.3, 0.4) is 0 Å². The molecule has 1 aromatic heterocycles. The number of hydrogen-bond acceptors (Lipinski definition) is 4. The van der Waals surface area contributed by atoms with E-state index < -0.39 is 5.54 Å². The third-order valence-electron chi connectivity index (χ3n) is 7.27. The van der Waals surface area contributed by atoms with Gasteiger partial charge >= 0.3 is 0 Å². The van der Waals surface area contributed by atoms with E-state index in [1.165, 1.54) is 28.5 Å². The van der Waals surface area contributed by atoms with Gasteiger partial charge < -0.3 is 15.5 Å². The number of carbonyl (C=O) groups is 3. The second-order valence-corrected chi connectivity index (χ2v) is 9.57. The highest BCUT2D eigenvalue weighted by Gasteiger charge is 2.46. The van der Waals surface area contributed by atoms with Crippen LogP contribution in [0, 0.1) is 13.8 Å². The van der Waals surface area contributed by atoms with Gasteiger partial charge in [0.05, 0.1) is 6.54 Å². The summed E-state index contributed by atoms with van der Waals surface area (Å²) in [5, 5.41) is 10.5. The molecule has 1 aliphatic carbocycles. The zero-order valence-electron chi connectivity index (χ0n) is 19.9. The average Bonchev–Trinajstić information content (AvgIpc) is 3.04. The molecule has 1 unspecified atom stereocenters. The molecule has 2 aromatic rings. The van der Waals surface area contributed by atoms with E-state index >= 15 is 0 Å². The Hall–Kier alpha value is -3.16. The third-order valence-corrected chi connectivity index (χ3v) is 7.27. The fourth-order valence-corrected chi connectivity index (χ4v) is 4.68. The molecular weight excluding hydrogens is 418 g/mol. The lowest BCUT2D eigenvalue weighted by Crippen LogP contribution is -2.63. The lowest BCUT2D eigenvalue weighted by atomic mass is 9.95. The number of aryl methyl sites for hydroxylation is 1. The summed E-state index contributed by atoms with van der Waals surface area (Å²) in [5.74, 6) is -0.878. The molecule has 2 aliphatic rings. The van der Waals surface area contributed by atoms with Crippen LogP contribution in [0.1, 0.15) is 77.6 Å². The Kier molecular flexibility index (Phi) is 6.28. The molecule has 1 atom stereocenters. The van der Waals surface area contributed by atoms with Crippen molar-refractivity contribution in [3.8, 4) is 0 Å². The number of amides is 3. The third kappa shape index (κ3) is 4.38. The smallest absolute Gasteiger partial charge is 0.276 e. The zero-order chi connectivity index (χ0) is 23.8. The Morgan fingerprint density at radius 2 is 1.82 bits per heavy atom. The fourth-order valence-electron chi connectivity index (χ4n) is 4.68. The van der Waals surface area contributed by atoms with Gasteiger partial charge in [-0.2, -0.15) is 5.10 Å². The number of likely N-dealkylation sites (N-methyl/N-ethyl adjacent to an activating group) is 1. The Labute approximate surface area is 194 Å². The van der Waals surface area contributed by atoms with Crippen molar-refractivity contribution in [2.24, 2.45) is 0 Å². The number of hydrogen-bond donors (Lipinski definition) is 2. The first-order valence-electron chi connectivity index (χ1n) is 11.8. The minimum atomic E-state index is -1.08. The predicted octanol–water partition coefficient (Wildman–Crippen LogP) is 3.44. The van der Waals surface area contributed by atoms with E-state index in [9.17, 15) is 14.4 Å². The molecule has 1 fully saturated rings. The summed E-state index contributed by atoms with van der Waals surface area (Å²) >= 11 is 0. The van der Waals surface area contributed by atoms with Crippen LogP contribution in [0.25, 0.3) is 0 Å². The first-order valence-corrected chi connectivity index (χ1v) is 11.8. The molecule has 3 amide bonds. The summed E-state index contributed by atoms with van der Waals surface area (Å²) in [6.07, 6.45) is 6.55. The maximum absolute atomic E-state index is 13.3. The number of carbonyl (C=O) groups excluding carboxylic acids is 3. The van der Waals surface area contributed by atoms with Crippen molar-refractivity contribution >= 4 is 23.4 Å². The van der Waals surface area contributed by atoms with Crippen LogP contribution in [-0.2, 0) is 11.3 Å². The normalized spacial score (nSPS) is 21.3. The lowest BCUT2D eigenvalue weighted by Gasteiger charge is -2.41. The van der Waals surface area contributed by atoms with E-state index in [-0.39, 0.29) is 36.0 Å². The first kappa shape index (κ1) is 23.0. The molecule has 0 spiro atoms. The van der Waals surface area contributed by atoms with Gasteiger partial charge in [0.25, 0.3) is 11.8 Å². The van der Waals surface area contributed by atoms with E-state index in [1.807, 2.05) is 32.0 Å². The van der Waals surface area contributed by atoms with E-state index in [1.54, 1.807) is 14.0 Å². The quantitative estimate of drug-likeness (QED) is 0.696. The van der Waals surface area contributed by atoms with Crippen LogP contribution in [0.4, 0.5) is 5.69 Å². The number of benzene rings is 1. The van der Waals surface area contributed by atoms with Crippen LogP contribution in [-0.4, -0.2) is 51.0 Å². The molecule has 8 nitrogen and oxygen atoms in total. The molecule has 2 heterocycles. The van der Waals surface area contributed by atoms with Gasteiger partial charge in [0.1, 0.15) is 11.2 Å². The van der Waals surface area contributed by atoms with Crippen molar-refractivity contribution in [2.45, 2.75) is 77.4 Å². The van der Waals surface area contributed by atoms with E-state index in [2.05, 4.69) is 15.7 Å². The number of aromatic nitrogens is 2. The predicted molar refractivity (Wildman–Crippen MR) is 126 cm³/mol. The van der Waals surface area contributed by atoms with Gasteiger partial charge in [0.15, 0.2) is 5.69 Å². The first-order chi connectivity index (χ1) is 15.7. The van der Waals surface area contributed by atoms with Gasteiger partial charge in [-0.3, -0.25) is 19.1 Å². The van der Waals surface area contributed by atoms with Gasteiger partial charge in [-0.25, -0.2) is 0 Å². The molecule has 1 saturated carbocycles. The monoisotopic (exact) mass is 451 g/mol. The van der Waals surface area contributed by atoms with Crippen LogP contribution in [0.5, 0.6) is 0 Å². The maximum Gasteiger partial charge on any atom is 0.276 e. The number of nitrogens with one attached hydrogen (secondary N) is 2. The number of rotatable bonds is 4. The summed E-state index contributed by atoms with van der Waals surface area (Å²) in [4.78, 5) is 40.8. The highest BCUT2D eigenvalue weighted by Crippen LogP contribution is 2.28. The highest BCUT2D eigenvalue weighted by molar-refractivity contribution is 6.06. The molecule has 8 heteroatoms.